The second kappa shape index (κ2) is 5.58. The number of fused-ring (bicyclic) bond motifs is 1. The molecule has 0 aliphatic rings. The van der Waals surface area contributed by atoms with Crippen molar-refractivity contribution in [2.24, 2.45) is 13.0 Å². The van der Waals surface area contributed by atoms with Gasteiger partial charge in [-0.3, -0.25) is 14.2 Å². The van der Waals surface area contributed by atoms with Crippen LogP contribution in [0.3, 0.4) is 0 Å². The predicted molar refractivity (Wildman–Crippen MR) is 81.5 cm³/mol. The molecule has 5 nitrogen and oxygen atoms in total. The maximum Gasteiger partial charge on any atom is 0.261 e. The topological polar surface area (TPSA) is 66.9 Å². The lowest BCUT2D eigenvalue weighted by atomic mass is 10.1. The molecule has 106 valence electrons. The van der Waals surface area contributed by atoms with Crippen molar-refractivity contribution in [3.05, 3.63) is 38.9 Å². The second-order valence-corrected chi connectivity index (χ2v) is 5.55. The van der Waals surface area contributed by atoms with Crippen LogP contribution in [-0.4, -0.2) is 22.0 Å². The fourth-order valence-corrected chi connectivity index (χ4v) is 2.04. The zero-order valence-electron chi connectivity index (χ0n) is 11.7. The molecule has 2 aromatic rings. The average molecular weight is 291 g/mol. The molecule has 0 saturated carbocycles. The van der Waals surface area contributed by atoms with E-state index >= 15 is 0 Å². The lowest BCUT2D eigenvalue weighted by molar-refractivity contribution is 0.0949. The van der Waals surface area contributed by atoms with Crippen LogP contribution in [0.4, 0.5) is 0 Å². The number of nitrogens with one attached hydrogen (secondary N) is 2. The summed E-state index contributed by atoms with van der Waals surface area (Å²) in [7, 11) is 1.61. The van der Waals surface area contributed by atoms with Crippen molar-refractivity contribution in [3.8, 4) is 0 Å². The van der Waals surface area contributed by atoms with Gasteiger partial charge in [0.1, 0.15) is 0 Å². The Labute approximate surface area is 121 Å². The molecule has 2 rings (SSSR count). The number of nitrogens with zero attached hydrogens (tertiary/aromatic N) is 1. The molecule has 0 fully saturated rings. The van der Waals surface area contributed by atoms with Crippen LogP contribution in [-0.2, 0) is 7.05 Å². The van der Waals surface area contributed by atoms with E-state index < -0.39 is 0 Å². The summed E-state index contributed by atoms with van der Waals surface area (Å²) >= 11 is 5.07. The summed E-state index contributed by atoms with van der Waals surface area (Å²) in [4.78, 5) is 27.0. The van der Waals surface area contributed by atoms with Crippen LogP contribution < -0.4 is 10.9 Å². The molecular formula is C14H17N3O2S. The first kappa shape index (κ1) is 14.5. The monoisotopic (exact) mass is 291 g/mol. The maximum absolute atomic E-state index is 12.0. The minimum Gasteiger partial charge on any atom is -0.352 e. The Morgan fingerprint density at radius 3 is 2.80 bits per heavy atom. The summed E-state index contributed by atoms with van der Waals surface area (Å²) in [5.74, 6) is 0.234. The molecule has 0 radical (unpaired) electrons. The first-order valence-electron chi connectivity index (χ1n) is 6.41. The highest BCUT2D eigenvalue weighted by atomic mass is 32.1. The van der Waals surface area contributed by atoms with Crippen LogP contribution in [0.2, 0.25) is 0 Å². The Morgan fingerprint density at radius 1 is 1.45 bits per heavy atom. The number of benzene rings is 1. The molecule has 0 bridgehead atoms. The highest BCUT2D eigenvalue weighted by molar-refractivity contribution is 7.71. The van der Waals surface area contributed by atoms with Gasteiger partial charge in [-0.1, -0.05) is 13.8 Å². The third-order valence-corrected chi connectivity index (χ3v) is 3.41. The van der Waals surface area contributed by atoms with Gasteiger partial charge in [0.05, 0.1) is 10.9 Å². The molecule has 0 spiro atoms. The third kappa shape index (κ3) is 2.80. The molecule has 0 unspecified atom stereocenters. The third-order valence-electron chi connectivity index (χ3n) is 3.03. The smallest absolute Gasteiger partial charge is 0.261 e. The zero-order valence-corrected chi connectivity index (χ0v) is 12.5. The van der Waals surface area contributed by atoms with Crippen molar-refractivity contribution >= 4 is 29.0 Å². The van der Waals surface area contributed by atoms with E-state index in [9.17, 15) is 9.59 Å². The number of H-pyrrole nitrogens is 1. The minimum absolute atomic E-state index is 0.152. The van der Waals surface area contributed by atoms with Crippen LogP contribution in [0, 0.1) is 10.7 Å². The van der Waals surface area contributed by atoms with E-state index in [4.69, 9.17) is 12.2 Å². The van der Waals surface area contributed by atoms with Gasteiger partial charge in [0, 0.05) is 19.2 Å². The zero-order chi connectivity index (χ0) is 14.9. The molecule has 1 aromatic heterocycles. The van der Waals surface area contributed by atoms with Crippen LogP contribution >= 0.6 is 12.2 Å². The molecule has 0 aliphatic carbocycles. The summed E-state index contributed by atoms with van der Waals surface area (Å²) in [5, 5.41) is 3.36. The number of amides is 1. The second-order valence-electron chi connectivity index (χ2n) is 5.16. The highest BCUT2D eigenvalue weighted by Gasteiger charge is 2.09. The lowest BCUT2D eigenvalue weighted by Gasteiger charge is -2.08. The number of aromatic amines is 1. The molecule has 2 N–H and O–H groups in total. The molecule has 0 saturated heterocycles. The summed E-state index contributed by atoms with van der Waals surface area (Å²) in [6, 6.07) is 4.95. The Kier molecular flexibility index (Phi) is 4.04. The van der Waals surface area contributed by atoms with Gasteiger partial charge in [0.2, 0.25) is 0 Å². The predicted octanol–water partition coefficient (Wildman–Crippen LogP) is 1.98. The number of carbonyl (C=O) groups excluding carboxylic acids is 1. The first-order valence-corrected chi connectivity index (χ1v) is 6.82. The van der Waals surface area contributed by atoms with Crippen molar-refractivity contribution < 1.29 is 4.79 Å². The first-order chi connectivity index (χ1) is 9.40. The standard InChI is InChI=1S/C14H17N3O2S/c1-8(2)7-15-12(18)9-4-5-10-11(6-9)16-14(20)17(3)13(10)19/h4-6,8H,7H2,1-3H3,(H,15,18)(H,16,20). The van der Waals surface area contributed by atoms with E-state index in [1.165, 1.54) is 4.57 Å². The van der Waals surface area contributed by atoms with Crippen LogP contribution in [0.25, 0.3) is 10.9 Å². The number of hydrogen-bond acceptors (Lipinski definition) is 3. The van der Waals surface area contributed by atoms with Crippen LogP contribution in [0.15, 0.2) is 23.0 Å². The van der Waals surface area contributed by atoms with Crippen LogP contribution in [0.1, 0.15) is 24.2 Å². The Hall–Kier alpha value is -1.95. The van der Waals surface area contributed by atoms with E-state index in [-0.39, 0.29) is 11.5 Å². The Balaban J connectivity index is 2.44. The molecule has 1 aromatic carbocycles. The minimum atomic E-state index is -0.169. The highest BCUT2D eigenvalue weighted by Crippen LogP contribution is 2.10. The summed E-state index contributed by atoms with van der Waals surface area (Å²) in [6.45, 7) is 4.67. The molecule has 0 atom stereocenters. The SMILES string of the molecule is CC(C)CNC(=O)c1ccc2c(=O)n(C)c(=S)[nH]c2c1. The summed E-state index contributed by atoms with van der Waals surface area (Å²) in [6.07, 6.45) is 0. The average Bonchev–Trinajstić information content (AvgIpc) is 2.41. The van der Waals surface area contributed by atoms with Gasteiger partial charge < -0.3 is 10.3 Å². The van der Waals surface area contributed by atoms with Gasteiger partial charge in [-0.05, 0) is 36.3 Å². The number of carbonyl (C=O) groups is 1. The molecule has 6 heteroatoms. The summed E-state index contributed by atoms with van der Waals surface area (Å²) < 4.78 is 1.71. The normalized spacial score (nSPS) is 11.0. The van der Waals surface area contributed by atoms with Gasteiger partial charge >= 0.3 is 0 Å². The maximum atomic E-state index is 12.0. The fraction of sp³-hybridized carbons (Fsp3) is 0.357. The molecule has 1 amide bonds. The van der Waals surface area contributed by atoms with Crippen LogP contribution in [0.5, 0.6) is 0 Å². The van der Waals surface area contributed by atoms with Crippen molar-refractivity contribution in [2.45, 2.75) is 13.8 Å². The fourth-order valence-electron chi connectivity index (χ4n) is 1.85. The molecule has 20 heavy (non-hydrogen) atoms. The van der Waals surface area contributed by atoms with Gasteiger partial charge in [-0.15, -0.1) is 0 Å². The summed E-state index contributed by atoms with van der Waals surface area (Å²) in [5.41, 5.74) is 0.922. The van der Waals surface area contributed by atoms with E-state index in [1.54, 1.807) is 25.2 Å². The molecule has 0 aliphatic heterocycles. The van der Waals surface area contributed by atoms with E-state index in [0.29, 0.717) is 33.7 Å². The largest absolute Gasteiger partial charge is 0.352 e. The van der Waals surface area contributed by atoms with E-state index in [0.717, 1.165) is 0 Å². The quantitative estimate of drug-likeness (QED) is 0.850. The van der Waals surface area contributed by atoms with Gasteiger partial charge in [0.25, 0.3) is 11.5 Å². The van der Waals surface area contributed by atoms with Gasteiger partial charge in [0.15, 0.2) is 4.77 Å². The Bertz CT molecular complexity index is 774. The van der Waals surface area contributed by atoms with Gasteiger partial charge in [-0.25, -0.2) is 0 Å². The lowest BCUT2D eigenvalue weighted by Crippen LogP contribution is -2.27. The van der Waals surface area contributed by atoms with Crippen molar-refractivity contribution in [1.82, 2.24) is 14.9 Å². The van der Waals surface area contributed by atoms with Crippen molar-refractivity contribution in [2.75, 3.05) is 6.54 Å². The van der Waals surface area contributed by atoms with E-state index in [1.807, 2.05) is 13.8 Å². The molecule has 1 heterocycles. The molecular weight excluding hydrogens is 274 g/mol. The van der Waals surface area contributed by atoms with E-state index in [2.05, 4.69) is 10.3 Å². The number of hydrogen-bond donors (Lipinski definition) is 2. The number of aromatic nitrogens is 2. The Morgan fingerprint density at radius 2 is 2.15 bits per heavy atom. The van der Waals surface area contributed by atoms with Gasteiger partial charge in [-0.2, -0.15) is 0 Å². The van der Waals surface area contributed by atoms with Crippen molar-refractivity contribution in [1.29, 1.82) is 0 Å². The van der Waals surface area contributed by atoms with Crippen molar-refractivity contribution in [3.63, 3.8) is 0 Å². The number of rotatable bonds is 3.